The van der Waals surface area contributed by atoms with Gasteiger partial charge in [0.2, 0.25) is 5.91 Å². The summed E-state index contributed by atoms with van der Waals surface area (Å²) in [6.07, 6.45) is 4.98. The lowest BCUT2D eigenvalue weighted by Gasteiger charge is -2.43. The highest BCUT2D eigenvalue weighted by atomic mass is 35.5. The first-order valence-electron chi connectivity index (χ1n) is 10.4. The second-order valence-electron chi connectivity index (χ2n) is 8.18. The van der Waals surface area contributed by atoms with Gasteiger partial charge < -0.3 is 9.80 Å². The second kappa shape index (κ2) is 8.58. The molecule has 152 valence electrons. The van der Waals surface area contributed by atoms with E-state index in [1.54, 1.807) is 4.90 Å². The van der Waals surface area contributed by atoms with E-state index >= 15 is 0 Å². The monoisotopic (exact) mass is 410 g/mol. The summed E-state index contributed by atoms with van der Waals surface area (Å²) in [5, 5.41) is 0.697. The molecule has 29 heavy (non-hydrogen) atoms. The third-order valence-electron chi connectivity index (χ3n) is 6.17. The lowest BCUT2D eigenvalue weighted by molar-refractivity contribution is -0.158. The summed E-state index contributed by atoms with van der Waals surface area (Å²) in [4.78, 5) is 30.3. The number of benzene rings is 2. The van der Waals surface area contributed by atoms with Gasteiger partial charge in [0.25, 0.3) is 5.91 Å². The summed E-state index contributed by atoms with van der Waals surface area (Å²) >= 11 is 5.98. The number of hydrogen-bond donors (Lipinski definition) is 0. The molecule has 4 nitrogen and oxygen atoms in total. The first kappa shape index (κ1) is 20.0. The van der Waals surface area contributed by atoms with Crippen molar-refractivity contribution in [2.24, 2.45) is 0 Å². The highest BCUT2D eigenvalue weighted by Gasteiger charge is 2.42. The molecule has 0 radical (unpaired) electrons. The molecule has 1 aliphatic carbocycles. The van der Waals surface area contributed by atoms with E-state index in [1.807, 2.05) is 60.4 Å². The van der Waals surface area contributed by atoms with Crippen molar-refractivity contribution in [3.63, 3.8) is 0 Å². The Hall–Kier alpha value is -2.33. The van der Waals surface area contributed by atoms with Crippen molar-refractivity contribution in [2.75, 3.05) is 13.1 Å². The van der Waals surface area contributed by atoms with Crippen molar-refractivity contribution in [1.29, 1.82) is 0 Å². The van der Waals surface area contributed by atoms with Crippen molar-refractivity contribution in [3.8, 4) is 0 Å². The van der Waals surface area contributed by atoms with Gasteiger partial charge in [0.05, 0.1) is 0 Å². The van der Waals surface area contributed by atoms with Crippen LogP contribution in [-0.2, 0) is 16.0 Å². The highest BCUT2D eigenvalue weighted by molar-refractivity contribution is 6.30. The Bertz CT molecular complexity index is 873. The first-order chi connectivity index (χ1) is 14.0. The van der Waals surface area contributed by atoms with Gasteiger partial charge in [-0.25, -0.2) is 0 Å². The van der Waals surface area contributed by atoms with Crippen molar-refractivity contribution in [2.45, 2.75) is 51.1 Å². The SMILES string of the molecule is Cc1ccc(C2C(=O)N(C3CCCC3)CC(=O)N2CCc2ccc(Cl)cc2)cc1. The van der Waals surface area contributed by atoms with E-state index in [0.717, 1.165) is 42.4 Å². The largest absolute Gasteiger partial charge is 0.328 e. The van der Waals surface area contributed by atoms with Crippen LogP contribution in [0.25, 0.3) is 0 Å². The molecule has 1 unspecified atom stereocenters. The van der Waals surface area contributed by atoms with Gasteiger partial charge in [-0.05, 0) is 49.4 Å². The Kier molecular flexibility index (Phi) is 5.91. The topological polar surface area (TPSA) is 40.6 Å². The number of amides is 2. The molecule has 1 atom stereocenters. The second-order valence-corrected chi connectivity index (χ2v) is 8.62. The molecule has 2 fully saturated rings. The van der Waals surface area contributed by atoms with Gasteiger partial charge in [-0.2, -0.15) is 0 Å². The van der Waals surface area contributed by atoms with E-state index in [0.29, 0.717) is 18.0 Å². The predicted octanol–water partition coefficient (Wildman–Crippen LogP) is 4.55. The maximum atomic E-state index is 13.5. The molecule has 4 rings (SSSR count). The Morgan fingerprint density at radius 2 is 1.62 bits per heavy atom. The Labute approximate surface area is 177 Å². The van der Waals surface area contributed by atoms with Crippen LogP contribution in [-0.4, -0.2) is 40.7 Å². The van der Waals surface area contributed by atoms with E-state index in [-0.39, 0.29) is 24.4 Å². The van der Waals surface area contributed by atoms with Gasteiger partial charge >= 0.3 is 0 Å². The zero-order chi connectivity index (χ0) is 20.4. The number of carbonyl (C=O) groups excluding carboxylic acids is 2. The zero-order valence-corrected chi connectivity index (χ0v) is 17.6. The molecule has 5 heteroatoms. The molecular formula is C24H27ClN2O2. The molecule has 0 aromatic heterocycles. The molecule has 0 N–H and O–H groups in total. The van der Waals surface area contributed by atoms with E-state index in [1.165, 1.54) is 0 Å². The van der Waals surface area contributed by atoms with Gasteiger partial charge in [0.15, 0.2) is 0 Å². The first-order valence-corrected chi connectivity index (χ1v) is 10.8. The van der Waals surface area contributed by atoms with E-state index < -0.39 is 6.04 Å². The summed E-state index contributed by atoms with van der Waals surface area (Å²) in [7, 11) is 0. The third-order valence-corrected chi connectivity index (χ3v) is 6.42. The van der Waals surface area contributed by atoms with Crippen LogP contribution in [0.1, 0.15) is 48.4 Å². The Balaban J connectivity index is 1.60. The van der Waals surface area contributed by atoms with Crippen LogP contribution < -0.4 is 0 Å². The van der Waals surface area contributed by atoms with Gasteiger partial charge in [-0.3, -0.25) is 9.59 Å². The van der Waals surface area contributed by atoms with Gasteiger partial charge in [0, 0.05) is 17.6 Å². The van der Waals surface area contributed by atoms with Crippen molar-refractivity contribution in [1.82, 2.24) is 9.80 Å². The Morgan fingerprint density at radius 3 is 2.28 bits per heavy atom. The number of aryl methyl sites for hydroxylation is 1. The zero-order valence-electron chi connectivity index (χ0n) is 16.8. The molecule has 2 aromatic rings. The molecule has 0 bridgehead atoms. The number of halogens is 1. The predicted molar refractivity (Wildman–Crippen MR) is 115 cm³/mol. The quantitative estimate of drug-likeness (QED) is 0.725. The smallest absolute Gasteiger partial charge is 0.250 e. The van der Waals surface area contributed by atoms with Crippen molar-refractivity contribution in [3.05, 3.63) is 70.2 Å². The van der Waals surface area contributed by atoms with Crippen LogP contribution in [0.2, 0.25) is 5.02 Å². The fourth-order valence-corrected chi connectivity index (χ4v) is 4.63. The highest BCUT2D eigenvalue weighted by Crippen LogP contribution is 2.33. The van der Waals surface area contributed by atoms with Gasteiger partial charge in [-0.15, -0.1) is 0 Å². The number of piperazine rings is 1. The molecular weight excluding hydrogens is 384 g/mol. The standard InChI is InChI=1S/C24H27ClN2O2/c1-17-6-10-19(11-7-17)23-24(29)27(21-4-2-3-5-21)16-22(28)26(23)15-14-18-8-12-20(25)13-9-18/h6-13,21,23H,2-5,14-16H2,1H3. The molecule has 2 amide bonds. The molecule has 1 aliphatic heterocycles. The molecule has 2 aliphatic rings. The van der Waals surface area contributed by atoms with Crippen molar-refractivity contribution >= 4 is 23.4 Å². The minimum Gasteiger partial charge on any atom is -0.328 e. The number of hydrogen-bond acceptors (Lipinski definition) is 2. The van der Waals surface area contributed by atoms with E-state index in [9.17, 15) is 9.59 Å². The third kappa shape index (κ3) is 4.32. The summed E-state index contributed by atoms with van der Waals surface area (Å²) in [6, 6.07) is 15.3. The minimum absolute atomic E-state index is 0.0380. The maximum absolute atomic E-state index is 13.5. The van der Waals surface area contributed by atoms with Crippen LogP contribution in [0.3, 0.4) is 0 Å². The average molecular weight is 411 g/mol. The number of nitrogens with zero attached hydrogens (tertiary/aromatic N) is 2. The van der Waals surface area contributed by atoms with Crippen LogP contribution in [0.15, 0.2) is 48.5 Å². The van der Waals surface area contributed by atoms with E-state index in [2.05, 4.69) is 0 Å². The van der Waals surface area contributed by atoms with Crippen molar-refractivity contribution < 1.29 is 9.59 Å². The van der Waals surface area contributed by atoms with Gasteiger partial charge in [-0.1, -0.05) is 66.4 Å². The summed E-state index contributed by atoms with van der Waals surface area (Å²) in [6.45, 7) is 2.75. The average Bonchev–Trinajstić information content (AvgIpc) is 3.25. The molecule has 1 saturated carbocycles. The van der Waals surface area contributed by atoms with Crippen LogP contribution in [0.4, 0.5) is 0 Å². The number of rotatable bonds is 5. The lowest BCUT2D eigenvalue weighted by atomic mass is 9.97. The molecule has 1 heterocycles. The van der Waals surface area contributed by atoms with Crippen LogP contribution in [0, 0.1) is 6.92 Å². The fourth-order valence-electron chi connectivity index (χ4n) is 4.50. The molecule has 2 aromatic carbocycles. The van der Waals surface area contributed by atoms with Crippen LogP contribution >= 0.6 is 11.6 Å². The van der Waals surface area contributed by atoms with Crippen LogP contribution in [0.5, 0.6) is 0 Å². The Morgan fingerprint density at radius 1 is 0.966 bits per heavy atom. The molecule has 0 spiro atoms. The summed E-state index contributed by atoms with van der Waals surface area (Å²) in [5.41, 5.74) is 3.15. The van der Waals surface area contributed by atoms with Gasteiger partial charge in [0.1, 0.15) is 12.6 Å². The molecule has 1 saturated heterocycles. The normalized spacial score (nSPS) is 20.6. The lowest BCUT2D eigenvalue weighted by Crippen LogP contribution is -2.58. The fraction of sp³-hybridized carbons (Fsp3) is 0.417. The van der Waals surface area contributed by atoms with E-state index in [4.69, 9.17) is 11.6 Å². The summed E-state index contributed by atoms with van der Waals surface area (Å²) in [5.74, 6) is 0.104. The number of carbonyl (C=O) groups is 2. The maximum Gasteiger partial charge on any atom is 0.250 e. The summed E-state index contributed by atoms with van der Waals surface area (Å²) < 4.78 is 0. The minimum atomic E-state index is -0.537.